The molecule has 0 amide bonds. The van der Waals surface area contributed by atoms with Crippen LogP contribution in [-0.2, 0) is 0 Å². The molecule has 6 nitrogen and oxygen atoms in total. The van der Waals surface area contributed by atoms with Gasteiger partial charge in [0.15, 0.2) is 5.58 Å². The zero-order chi connectivity index (χ0) is 14.3. The van der Waals surface area contributed by atoms with Crippen LogP contribution in [0.15, 0.2) is 40.8 Å². The third-order valence-electron chi connectivity index (χ3n) is 3.03. The number of nitrogen functional groups attached to an aromatic ring is 1. The molecule has 100 valence electrons. The normalized spacial score (nSPS) is 10.8. The molecule has 0 aliphatic rings. The first-order valence-electron chi connectivity index (χ1n) is 5.96. The number of aryl methyl sites for hydroxylation is 1. The van der Waals surface area contributed by atoms with Crippen molar-refractivity contribution in [2.24, 2.45) is 0 Å². The minimum atomic E-state index is -0.440. The molecular weight excluding hydrogens is 258 g/mol. The van der Waals surface area contributed by atoms with Crippen LogP contribution in [-0.4, -0.2) is 9.91 Å². The lowest BCUT2D eigenvalue weighted by atomic mass is 10.2. The van der Waals surface area contributed by atoms with E-state index in [1.54, 1.807) is 31.2 Å². The Morgan fingerprint density at radius 1 is 1.25 bits per heavy atom. The number of hydrogen-bond acceptors (Lipinski definition) is 5. The summed E-state index contributed by atoms with van der Waals surface area (Å²) in [6.07, 6.45) is 0. The zero-order valence-corrected chi connectivity index (χ0v) is 10.7. The second kappa shape index (κ2) is 4.34. The van der Waals surface area contributed by atoms with Crippen LogP contribution < -0.4 is 5.73 Å². The molecule has 0 spiro atoms. The Balaban J connectivity index is 2.17. The van der Waals surface area contributed by atoms with Crippen LogP contribution in [0.4, 0.5) is 11.4 Å². The Hall–Kier alpha value is -2.89. The summed E-state index contributed by atoms with van der Waals surface area (Å²) in [5.74, 6) is 0.420. The monoisotopic (exact) mass is 269 g/mol. The lowest BCUT2D eigenvalue weighted by molar-refractivity contribution is -0.384. The number of non-ortho nitro benzene ring substituents is 1. The van der Waals surface area contributed by atoms with Gasteiger partial charge in [0.25, 0.3) is 5.69 Å². The molecule has 0 fully saturated rings. The number of fused-ring (bicyclic) bond motifs is 1. The van der Waals surface area contributed by atoms with E-state index in [2.05, 4.69) is 4.98 Å². The van der Waals surface area contributed by atoms with E-state index >= 15 is 0 Å². The van der Waals surface area contributed by atoms with Crippen molar-refractivity contribution < 1.29 is 9.34 Å². The highest BCUT2D eigenvalue weighted by atomic mass is 16.6. The summed E-state index contributed by atoms with van der Waals surface area (Å²) in [5.41, 5.74) is 8.78. The van der Waals surface area contributed by atoms with Gasteiger partial charge in [-0.15, -0.1) is 0 Å². The van der Waals surface area contributed by atoms with Gasteiger partial charge in [-0.1, -0.05) is 0 Å². The standard InChI is InChI=1S/C14H11N3O3/c1-8-6-11(17(18)19)7-12-13(8)20-14(16-12)9-2-4-10(15)5-3-9/h2-7H,15H2,1H3. The second-order valence-corrected chi connectivity index (χ2v) is 4.51. The first kappa shape index (κ1) is 12.2. The van der Waals surface area contributed by atoms with E-state index in [1.165, 1.54) is 12.1 Å². The molecule has 2 aromatic carbocycles. The van der Waals surface area contributed by atoms with E-state index in [0.29, 0.717) is 28.2 Å². The number of benzene rings is 2. The predicted molar refractivity (Wildman–Crippen MR) is 75.2 cm³/mol. The summed E-state index contributed by atoms with van der Waals surface area (Å²) in [6, 6.07) is 9.97. The zero-order valence-electron chi connectivity index (χ0n) is 10.7. The minimum absolute atomic E-state index is 0.00663. The van der Waals surface area contributed by atoms with Crippen LogP contribution in [0, 0.1) is 17.0 Å². The molecule has 1 aromatic heterocycles. The van der Waals surface area contributed by atoms with Gasteiger partial charge >= 0.3 is 0 Å². The Bertz CT molecular complexity index is 806. The van der Waals surface area contributed by atoms with Gasteiger partial charge in [-0.25, -0.2) is 4.98 Å². The van der Waals surface area contributed by atoms with Gasteiger partial charge < -0.3 is 10.2 Å². The highest BCUT2D eigenvalue weighted by molar-refractivity contribution is 5.81. The van der Waals surface area contributed by atoms with Gasteiger partial charge in [0.1, 0.15) is 5.52 Å². The molecule has 0 radical (unpaired) electrons. The van der Waals surface area contributed by atoms with Crippen molar-refractivity contribution in [2.75, 3.05) is 5.73 Å². The third kappa shape index (κ3) is 1.97. The number of nitro groups is 1. The van der Waals surface area contributed by atoms with Crippen molar-refractivity contribution in [3.8, 4) is 11.5 Å². The summed E-state index contributed by atoms with van der Waals surface area (Å²) in [4.78, 5) is 14.7. The van der Waals surface area contributed by atoms with Crippen LogP contribution in [0.3, 0.4) is 0 Å². The fourth-order valence-electron chi connectivity index (χ4n) is 2.04. The fraction of sp³-hybridized carbons (Fsp3) is 0.0714. The third-order valence-corrected chi connectivity index (χ3v) is 3.03. The summed E-state index contributed by atoms with van der Waals surface area (Å²) in [5, 5.41) is 10.8. The SMILES string of the molecule is Cc1cc([N+](=O)[O-])cc2nc(-c3ccc(N)cc3)oc12. The quantitative estimate of drug-likeness (QED) is 0.437. The summed E-state index contributed by atoms with van der Waals surface area (Å²) >= 11 is 0. The summed E-state index contributed by atoms with van der Waals surface area (Å²) in [7, 11) is 0. The molecule has 1 heterocycles. The van der Waals surface area contributed by atoms with Crippen LogP contribution >= 0.6 is 0 Å². The van der Waals surface area contributed by atoms with Crippen LogP contribution in [0.5, 0.6) is 0 Å². The molecule has 0 atom stereocenters. The lowest BCUT2D eigenvalue weighted by Crippen LogP contribution is -1.88. The molecule has 3 aromatic rings. The number of nitrogens with two attached hydrogens (primary N) is 1. The average molecular weight is 269 g/mol. The first-order chi connectivity index (χ1) is 9.54. The number of hydrogen-bond donors (Lipinski definition) is 1. The molecule has 3 rings (SSSR count). The van der Waals surface area contributed by atoms with Crippen LogP contribution in [0.2, 0.25) is 0 Å². The topological polar surface area (TPSA) is 95.2 Å². The van der Waals surface area contributed by atoms with Gasteiger partial charge in [0, 0.05) is 28.9 Å². The van der Waals surface area contributed by atoms with E-state index in [4.69, 9.17) is 10.2 Å². The molecule has 20 heavy (non-hydrogen) atoms. The summed E-state index contributed by atoms with van der Waals surface area (Å²) < 4.78 is 5.68. The lowest BCUT2D eigenvalue weighted by Gasteiger charge is -1.95. The van der Waals surface area contributed by atoms with E-state index in [0.717, 1.165) is 5.56 Å². The maximum atomic E-state index is 10.8. The first-order valence-corrected chi connectivity index (χ1v) is 5.96. The molecular formula is C14H11N3O3. The Kier molecular flexibility index (Phi) is 2.64. The van der Waals surface area contributed by atoms with Crippen molar-refractivity contribution in [3.05, 3.63) is 52.1 Å². The Morgan fingerprint density at radius 2 is 1.95 bits per heavy atom. The van der Waals surface area contributed by atoms with Gasteiger partial charge in [-0.05, 0) is 31.2 Å². The minimum Gasteiger partial charge on any atom is -0.436 e. The smallest absolute Gasteiger partial charge is 0.272 e. The fourth-order valence-corrected chi connectivity index (χ4v) is 2.04. The van der Waals surface area contributed by atoms with Gasteiger partial charge in [-0.2, -0.15) is 0 Å². The van der Waals surface area contributed by atoms with E-state index < -0.39 is 4.92 Å². The molecule has 0 aliphatic carbocycles. The molecule has 0 bridgehead atoms. The molecule has 0 unspecified atom stereocenters. The van der Waals surface area contributed by atoms with E-state index in [9.17, 15) is 10.1 Å². The molecule has 0 saturated heterocycles. The maximum Gasteiger partial charge on any atom is 0.272 e. The van der Waals surface area contributed by atoms with Crippen molar-refractivity contribution in [1.82, 2.24) is 4.98 Å². The van der Waals surface area contributed by atoms with Crippen molar-refractivity contribution in [3.63, 3.8) is 0 Å². The number of oxazole rings is 1. The Morgan fingerprint density at radius 3 is 2.60 bits per heavy atom. The number of rotatable bonds is 2. The number of nitro benzene ring substituents is 1. The highest BCUT2D eigenvalue weighted by Crippen LogP contribution is 2.29. The van der Waals surface area contributed by atoms with Gasteiger partial charge in [-0.3, -0.25) is 10.1 Å². The van der Waals surface area contributed by atoms with Crippen LogP contribution in [0.1, 0.15) is 5.56 Å². The van der Waals surface area contributed by atoms with Crippen LogP contribution in [0.25, 0.3) is 22.6 Å². The molecule has 0 aliphatic heterocycles. The van der Waals surface area contributed by atoms with Crippen molar-refractivity contribution >= 4 is 22.5 Å². The summed E-state index contributed by atoms with van der Waals surface area (Å²) in [6.45, 7) is 1.76. The highest BCUT2D eigenvalue weighted by Gasteiger charge is 2.15. The second-order valence-electron chi connectivity index (χ2n) is 4.51. The largest absolute Gasteiger partial charge is 0.436 e. The van der Waals surface area contributed by atoms with Gasteiger partial charge in [0.2, 0.25) is 5.89 Å². The average Bonchev–Trinajstić information content (AvgIpc) is 2.84. The molecule has 6 heteroatoms. The van der Waals surface area contributed by atoms with E-state index in [1.807, 2.05) is 0 Å². The maximum absolute atomic E-state index is 10.8. The number of anilines is 1. The van der Waals surface area contributed by atoms with Crippen molar-refractivity contribution in [2.45, 2.75) is 6.92 Å². The number of aromatic nitrogens is 1. The molecule has 0 saturated carbocycles. The molecule has 2 N–H and O–H groups in total. The predicted octanol–water partition coefficient (Wildman–Crippen LogP) is 3.29. The van der Waals surface area contributed by atoms with E-state index in [-0.39, 0.29) is 5.69 Å². The van der Waals surface area contributed by atoms with Gasteiger partial charge in [0.05, 0.1) is 4.92 Å². The Labute approximate surface area is 114 Å². The van der Waals surface area contributed by atoms with Crippen molar-refractivity contribution in [1.29, 1.82) is 0 Å². The number of nitrogens with zero attached hydrogens (tertiary/aromatic N) is 2.